The second-order valence-corrected chi connectivity index (χ2v) is 5.95. The van der Waals surface area contributed by atoms with Crippen LogP contribution in [0, 0.1) is 5.92 Å². The summed E-state index contributed by atoms with van der Waals surface area (Å²) >= 11 is 0. The Hall–Kier alpha value is -1.50. The van der Waals surface area contributed by atoms with Gasteiger partial charge in [-0.15, -0.1) is 0 Å². The van der Waals surface area contributed by atoms with Crippen molar-refractivity contribution in [2.45, 2.75) is 52.0 Å². The molecular weight excluding hydrogens is 242 g/mol. The molecule has 1 heterocycles. The maximum atomic E-state index is 4.04. The summed E-state index contributed by atoms with van der Waals surface area (Å²) < 4.78 is 0. The fourth-order valence-electron chi connectivity index (χ4n) is 2.83. The molecule has 0 aliphatic carbocycles. The van der Waals surface area contributed by atoms with Gasteiger partial charge in [0, 0.05) is 11.7 Å². The second kappa shape index (κ2) is 7.33. The third kappa shape index (κ3) is 4.26. The van der Waals surface area contributed by atoms with Crippen LogP contribution in [0.15, 0.2) is 48.7 Å². The lowest BCUT2D eigenvalue weighted by Crippen LogP contribution is -2.16. The van der Waals surface area contributed by atoms with Crippen LogP contribution in [0.5, 0.6) is 0 Å². The van der Waals surface area contributed by atoms with Gasteiger partial charge in [-0.1, -0.05) is 63.3 Å². The van der Waals surface area contributed by atoms with Crippen LogP contribution >= 0.6 is 0 Å². The molecule has 1 aromatic rings. The van der Waals surface area contributed by atoms with Crippen LogP contribution in [0.3, 0.4) is 0 Å². The molecule has 0 amide bonds. The molecule has 20 heavy (non-hydrogen) atoms. The molecule has 2 unspecified atom stereocenters. The first-order valence-electron chi connectivity index (χ1n) is 7.89. The quantitative estimate of drug-likeness (QED) is 0.742. The lowest BCUT2D eigenvalue weighted by atomic mass is 10.0. The van der Waals surface area contributed by atoms with Crippen LogP contribution in [0.1, 0.15) is 44.2 Å². The summed E-state index contributed by atoms with van der Waals surface area (Å²) in [5.41, 5.74) is 4.11. The molecule has 2 atom stereocenters. The summed E-state index contributed by atoms with van der Waals surface area (Å²) in [5, 5.41) is 3.45. The Morgan fingerprint density at radius 3 is 2.70 bits per heavy atom. The Morgan fingerprint density at radius 1 is 1.30 bits per heavy atom. The number of rotatable bonds is 6. The van der Waals surface area contributed by atoms with Gasteiger partial charge in [0.25, 0.3) is 0 Å². The zero-order valence-electron chi connectivity index (χ0n) is 12.9. The van der Waals surface area contributed by atoms with Gasteiger partial charge in [0.15, 0.2) is 0 Å². The molecule has 1 aliphatic heterocycles. The molecule has 0 saturated carbocycles. The van der Waals surface area contributed by atoms with Crippen LogP contribution in [0.4, 0.5) is 0 Å². The molecule has 1 aliphatic rings. The topological polar surface area (TPSA) is 12.0 Å². The monoisotopic (exact) mass is 269 g/mol. The van der Waals surface area contributed by atoms with Crippen LogP contribution in [-0.4, -0.2) is 6.04 Å². The second-order valence-electron chi connectivity index (χ2n) is 5.95. The van der Waals surface area contributed by atoms with Crippen molar-refractivity contribution in [1.82, 2.24) is 5.32 Å². The van der Waals surface area contributed by atoms with Crippen LogP contribution < -0.4 is 5.32 Å². The van der Waals surface area contributed by atoms with Crippen molar-refractivity contribution < 1.29 is 0 Å². The van der Waals surface area contributed by atoms with Crippen molar-refractivity contribution in [1.29, 1.82) is 0 Å². The Bertz CT molecular complexity index is 472. The van der Waals surface area contributed by atoms with Gasteiger partial charge < -0.3 is 5.32 Å². The first-order chi connectivity index (χ1) is 9.69. The number of nitrogens with one attached hydrogen (secondary N) is 1. The van der Waals surface area contributed by atoms with E-state index in [1.165, 1.54) is 36.1 Å². The van der Waals surface area contributed by atoms with Crippen molar-refractivity contribution in [3.8, 4) is 0 Å². The Morgan fingerprint density at radius 2 is 2.05 bits per heavy atom. The molecule has 1 saturated heterocycles. The van der Waals surface area contributed by atoms with E-state index in [4.69, 9.17) is 0 Å². The van der Waals surface area contributed by atoms with Crippen LogP contribution in [0.2, 0.25) is 0 Å². The van der Waals surface area contributed by atoms with E-state index < -0.39 is 0 Å². The number of hydrogen-bond donors (Lipinski definition) is 1. The van der Waals surface area contributed by atoms with Gasteiger partial charge >= 0.3 is 0 Å². The van der Waals surface area contributed by atoms with E-state index >= 15 is 0 Å². The molecule has 1 nitrogen and oxygen atoms in total. The Balaban J connectivity index is 1.78. The van der Waals surface area contributed by atoms with E-state index in [1.807, 2.05) is 0 Å². The summed E-state index contributed by atoms with van der Waals surface area (Å²) in [5.74, 6) is 0.607. The number of aryl methyl sites for hydroxylation is 2. The highest BCUT2D eigenvalue weighted by Crippen LogP contribution is 2.22. The minimum atomic E-state index is 0.490. The zero-order valence-corrected chi connectivity index (χ0v) is 12.9. The molecule has 0 bridgehead atoms. The lowest BCUT2D eigenvalue weighted by molar-refractivity contribution is 0.667. The fourth-order valence-corrected chi connectivity index (χ4v) is 2.83. The average Bonchev–Trinajstić information content (AvgIpc) is 2.75. The predicted octanol–water partition coefficient (Wildman–Crippen LogP) is 4.64. The van der Waals surface area contributed by atoms with Crippen LogP contribution in [-0.2, 0) is 12.8 Å². The van der Waals surface area contributed by atoms with E-state index in [2.05, 4.69) is 62.2 Å². The molecule has 108 valence electrons. The molecule has 0 aromatic heterocycles. The fraction of sp³-hybridized carbons (Fsp3) is 0.474. The summed E-state index contributed by atoms with van der Waals surface area (Å²) in [7, 11) is 0. The summed E-state index contributed by atoms with van der Waals surface area (Å²) in [6, 6.07) is 9.51. The van der Waals surface area contributed by atoms with Gasteiger partial charge in [0.1, 0.15) is 0 Å². The average molecular weight is 269 g/mol. The summed E-state index contributed by atoms with van der Waals surface area (Å²) in [6.07, 6.45) is 10.5. The molecule has 1 aromatic carbocycles. The third-order valence-corrected chi connectivity index (χ3v) is 4.07. The Kier molecular flexibility index (Phi) is 5.46. The van der Waals surface area contributed by atoms with E-state index in [-0.39, 0.29) is 0 Å². The maximum absolute atomic E-state index is 4.04. The zero-order chi connectivity index (χ0) is 14.4. The van der Waals surface area contributed by atoms with Gasteiger partial charge in [-0.2, -0.15) is 0 Å². The van der Waals surface area contributed by atoms with Crippen molar-refractivity contribution in [2.24, 2.45) is 5.92 Å². The minimum absolute atomic E-state index is 0.490. The SMILES string of the molecule is C=C1NC(/C=C/CCc2cccc(CCC)c2)CC1C. The van der Waals surface area contributed by atoms with E-state index in [0.29, 0.717) is 12.0 Å². The molecule has 0 radical (unpaired) electrons. The lowest BCUT2D eigenvalue weighted by Gasteiger charge is -2.05. The number of allylic oxidation sites excluding steroid dienone is 2. The van der Waals surface area contributed by atoms with Gasteiger partial charge in [-0.3, -0.25) is 0 Å². The van der Waals surface area contributed by atoms with E-state index in [9.17, 15) is 0 Å². The van der Waals surface area contributed by atoms with Gasteiger partial charge in [0.05, 0.1) is 0 Å². The number of hydrogen-bond acceptors (Lipinski definition) is 1. The van der Waals surface area contributed by atoms with Gasteiger partial charge in [-0.05, 0) is 42.7 Å². The molecular formula is C19H27N. The van der Waals surface area contributed by atoms with E-state index in [1.54, 1.807) is 0 Å². The molecule has 0 spiro atoms. The van der Waals surface area contributed by atoms with Gasteiger partial charge in [0.2, 0.25) is 0 Å². The summed E-state index contributed by atoms with van der Waals surface area (Å²) in [6.45, 7) is 8.52. The normalized spacial score (nSPS) is 22.4. The summed E-state index contributed by atoms with van der Waals surface area (Å²) in [4.78, 5) is 0. The number of benzene rings is 1. The highest BCUT2D eigenvalue weighted by Gasteiger charge is 2.20. The maximum Gasteiger partial charge on any atom is 0.0447 e. The largest absolute Gasteiger partial charge is 0.382 e. The van der Waals surface area contributed by atoms with Crippen molar-refractivity contribution in [3.63, 3.8) is 0 Å². The first kappa shape index (κ1) is 14.9. The standard InChI is InChI=1S/C19H27N/c1-4-8-17-10-7-11-18(14-17)9-5-6-12-19-13-15(2)16(3)20-19/h6-7,10-12,14-15,19-20H,3-5,8-9,13H2,1-2H3/b12-6+. The highest BCUT2D eigenvalue weighted by molar-refractivity contribution is 5.24. The minimum Gasteiger partial charge on any atom is -0.382 e. The van der Waals surface area contributed by atoms with Crippen molar-refractivity contribution >= 4 is 0 Å². The van der Waals surface area contributed by atoms with Crippen molar-refractivity contribution in [3.05, 3.63) is 59.8 Å². The predicted molar refractivity (Wildman–Crippen MR) is 87.7 cm³/mol. The van der Waals surface area contributed by atoms with E-state index in [0.717, 1.165) is 12.8 Å². The Labute approximate surface area is 123 Å². The third-order valence-electron chi connectivity index (χ3n) is 4.07. The van der Waals surface area contributed by atoms with Crippen LogP contribution in [0.25, 0.3) is 0 Å². The van der Waals surface area contributed by atoms with Crippen molar-refractivity contribution in [2.75, 3.05) is 0 Å². The molecule has 1 heteroatoms. The molecule has 1 N–H and O–H groups in total. The molecule has 1 fully saturated rings. The van der Waals surface area contributed by atoms with Gasteiger partial charge in [-0.25, -0.2) is 0 Å². The molecule has 2 rings (SSSR count). The first-order valence-corrected chi connectivity index (χ1v) is 7.89. The highest BCUT2D eigenvalue weighted by atomic mass is 15.0. The smallest absolute Gasteiger partial charge is 0.0447 e.